The molecule has 0 saturated carbocycles. The number of benzene rings is 1. The fraction of sp³-hybridized carbons (Fsp3) is 0.550. The Morgan fingerprint density at radius 1 is 1.22 bits per heavy atom. The van der Waals surface area contributed by atoms with Crippen molar-refractivity contribution in [2.75, 3.05) is 39.3 Å². The van der Waals surface area contributed by atoms with Gasteiger partial charge in [-0.2, -0.15) is 0 Å². The minimum absolute atomic E-state index is 0.0724. The van der Waals surface area contributed by atoms with Crippen molar-refractivity contribution in [3.05, 3.63) is 35.8 Å². The van der Waals surface area contributed by atoms with Gasteiger partial charge in [0.05, 0.1) is 12.6 Å². The zero-order valence-corrected chi connectivity index (χ0v) is 15.5. The van der Waals surface area contributed by atoms with Crippen molar-refractivity contribution < 1.29 is 13.9 Å². The smallest absolute Gasteiger partial charge is 0.317 e. The first-order valence-electron chi connectivity index (χ1n) is 9.81. The highest BCUT2D eigenvalue weighted by Crippen LogP contribution is 2.17. The van der Waals surface area contributed by atoms with E-state index in [4.69, 9.17) is 4.74 Å². The fourth-order valence-corrected chi connectivity index (χ4v) is 3.98. The first kappa shape index (κ1) is 18.3. The summed E-state index contributed by atoms with van der Waals surface area (Å²) in [5.41, 5.74) is 1.73. The highest BCUT2D eigenvalue weighted by atomic mass is 19.1. The number of nitrogens with zero attached hydrogens (tertiary/aromatic N) is 2. The van der Waals surface area contributed by atoms with Crippen LogP contribution in [-0.2, 0) is 11.3 Å². The van der Waals surface area contributed by atoms with E-state index >= 15 is 0 Å². The van der Waals surface area contributed by atoms with Crippen molar-refractivity contribution in [1.82, 2.24) is 20.1 Å². The number of hydrogen-bond acceptors (Lipinski definition) is 3. The van der Waals surface area contributed by atoms with Gasteiger partial charge in [-0.15, -0.1) is 0 Å². The Bertz CT molecular complexity index is 787. The van der Waals surface area contributed by atoms with Gasteiger partial charge in [0.15, 0.2) is 0 Å². The van der Waals surface area contributed by atoms with E-state index < -0.39 is 0 Å². The summed E-state index contributed by atoms with van der Waals surface area (Å²) in [6.07, 6.45) is 3.44. The number of fused-ring (bicyclic) bond motifs is 1. The van der Waals surface area contributed by atoms with Gasteiger partial charge in [-0.25, -0.2) is 9.18 Å². The summed E-state index contributed by atoms with van der Waals surface area (Å²) in [4.78, 5) is 20.2. The van der Waals surface area contributed by atoms with Gasteiger partial charge < -0.3 is 24.8 Å². The molecule has 2 amide bonds. The molecule has 2 fully saturated rings. The maximum absolute atomic E-state index is 13.3. The molecule has 4 rings (SSSR count). The lowest BCUT2D eigenvalue weighted by Gasteiger charge is -2.27. The van der Waals surface area contributed by atoms with Gasteiger partial charge in [-0.05, 0) is 56.6 Å². The molecule has 2 N–H and O–H groups in total. The predicted molar refractivity (Wildman–Crippen MR) is 102 cm³/mol. The monoisotopic (exact) mass is 374 g/mol. The summed E-state index contributed by atoms with van der Waals surface area (Å²) >= 11 is 0. The van der Waals surface area contributed by atoms with E-state index in [9.17, 15) is 9.18 Å². The number of amides is 2. The molecular weight excluding hydrogens is 347 g/mol. The normalized spacial score (nSPS) is 21.5. The molecule has 0 unspecified atom stereocenters. The largest absolute Gasteiger partial charge is 0.375 e. The van der Waals surface area contributed by atoms with E-state index in [2.05, 4.69) is 15.2 Å². The van der Waals surface area contributed by atoms with Gasteiger partial charge in [0.1, 0.15) is 5.82 Å². The highest BCUT2D eigenvalue weighted by Gasteiger charge is 2.25. The number of H-pyrrole nitrogens is 1. The van der Waals surface area contributed by atoms with Crippen LogP contribution in [0.1, 0.15) is 25.0 Å². The number of aromatic nitrogens is 1. The van der Waals surface area contributed by atoms with E-state index in [1.54, 1.807) is 6.07 Å². The van der Waals surface area contributed by atoms with E-state index in [0.717, 1.165) is 42.7 Å². The zero-order valence-electron chi connectivity index (χ0n) is 15.5. The van der Waals surface area contributed by atoms with Crippen LogP contribution < -0.4 is 5.32 Å². The molecule has 2 saturated heterocycles. The summed E-state index contributed by atoms with van der Waals surface area (Å²) in [7, 11) is 0. The van der Waals surface area contributed by atoms with Crippen molar-refractivity contribution in [1.29, 1.82) is 0 Å². The number of urea groups is 1. The highest BCUT2D eigenvalue weighted by molar-refractivity contribution is 5.80. The van der Waals surface area contributed by atoms with Crippen molar-refractivity contribution in [3.8, 4) is 0 Å². The van der Waals surface area contributed by atoms with Crippen molar-refractivity contribution in [3.63, 3.8) is 0 Å². The molecule has 1 aromatic heterocycles. The van der Waals surface area contributed by atoms with Crippen LogP contribution in [0.3, 0.4) is 0 Å². The van der Waals surface area contributed by atoms with Crippen LogP contribution in [0, 0.1) is 5.82 Å². The molecule has 27 heavy (non-hydrogen) atoms. The Hall–Kier alpha value is -2.12. The summed E-state index contributed by atoms with van der Waals surface area (Å²) in [5.74, 6) is -0.259. The summed E-state index contributed by atoms with van der Waals surface area (Å²) < 4.78 is 19.3. The van der Waals surface area contributed by atoms with Crippen molar-refractivity contribution in [2.45, 2.75) is 31.9 Å². The molecule has 6 nitrogen and oxygen atoms in total. The van der Waals surface area contributed by atoms with Crippen LogP contribution >= 0.6 is 0 Å². The zero-order chi connectivity index (χ0) is 18.6. The van der Waals surface area contributed by atoms with Crippen LogP contribution in [0.2, 0.25) is 0 Å². The molecule has 0 radical (unpaired) electrons. The van der Waals surface area contributed by atoms with Gasteiger partial charge in [0.25, 0.3) is 0 Å². The molecule has 0 spiro atoms. The second kappa shape index (κ2) is 8.27. The molecule has 3 heterocycles. The number of ether oxygens (including phenoxy) is 1. The quantitative estimate of drug-likeness (QED) is 0.865. The minimum Gasteiger partial charge on any atom is -0.375 e. The van der Waals surface area contributed by atoms with E-state index in [0.29, 0.717) is 26.2 Å². The summed E-state index contributed by atoms with van der Waals surface area (Å²) in [5, 5.41) is 3.79. The number of hydrogen-bond donors (Lipinski definition) is 2. The third-order valence-corrected chi connectivity index (χ3v) is 5.37. The van der Waals surface area contributed by atoms with Gasteiger partial charge in [-0.3, -0.25) is 0 Å². The third kappa shape index (κ3) is 4.59. The van der Waals surface area contributed by atoms with E-state index in [-0.39, 0.29) is 18.0 Å². The Labute approximate surface area is 158 Å². The molecule has 0 bridgehead atoms. The van der Waals surface area contributed by atoms with Crippen molar-refractivity contribution in [2.24, 2.45) is 0 Å². The summed E-state index contributed by atoms with van der Waals surface area (Å²) in [6.45, 7) is 5.59. The Balaban J connectivity index is 1.33. The SMILES string of the molecule is O=C(NCc1cc2cc(F)ccc2[nH]1)N1CCCO[C@@H](CN2CCCC2)C1. The second-order valence-corrected chi connectivity index (χ2v) is 7.48. The molecule has 1 atom stereocenters. The van der Waals surface area contributed by atoms with E-state index in [1.165, 1.54) is 25.0 Å². The number of aromatic amines is 1. The lowest BCUT2D eigenvalue weighted by molar-refractivity contribution is 0.0349. The van der Waals surface area contributed by atoms with Crippen LogP contribution in [0.15, 0.2) is 24.3 Å². The Morgan fingerprint density at radius 3 is 2.93 bits per heavy atom. The average molecular weight is 374 g/mol. The van der Waals surface area contributed by atoms with Gasteiger partial charge in [0, 0.05) is 42.8 Å². The maximum Gasteiger partial charge on any atom is 0.317 e. The fourth-order valence-electron chi connectivity index (χ4n) is 3.98. The number of likely N-dealkylation sites (tertiary alicyclic amines) is 1. The minimum atomic E-state index is -0.259. The second-order valence-electron chi connectivity index (χ2n) is 7.48. The van der Waals surface area contributed by atoms with Crippen LogP contribution in [0.4, 0.5) is 9.18 Å². The molecule has 2 aliphatic heterocycles. The topological polar surface area (TPSA) is 60.6 Å². The van der Waals surface area contributed by atoms with Gasteiger partial charge in [-0.1, -0.05) is 0 Å². The first-order valence-corrected chi connectivity index (χ1v) is 9.81. The number of rotatable bonds is 4. The molecule has 1 aromatic carbocycles. The number of carbonyl (C=O) groups excluding carboxylic acids is 1. The van der Waals surface area contributed by atoms with Gasteiger partial charge >= 0.3 is 6.03 Å². The molecule has 2 aromatic rings. The average Bonchev–Trinajstić information content (AvgIpc) is 3.24. The van der Waals surface area contributed by atoms with Crippen LogP contribution in [0.25, 0.3) is 10.9 Å². The lowest BCUT2D eigenvalue weighted by Crippen LogP contribution is -2.45. The predicted octanol–water partition coefficient (Wildman–Crippen LogP) is 2.70. The van der Waals surface area contributed by atoms with Crippen LogP contribution in [-0.4, -0.2) is 66.2 Å². The lowest BCUT2D eigenvalue weighted by atomic mass is 10.2. The van der Waals surface area contributed by atoms with Crippen LogP contribution in [0.5, 0.6) is 0 Å². The standard InChI is InChI=1S/C20H27FN4O2/c21-16-4-5-19-15(10-16)11-17(23-19)12-22-20(26)25-8-3-9-27-18(14-25)13-24-6-1-2-7-24/h4-5,10-11,18,23H,1-3,6-9,12-14H2,(H,22,26)/t18-/m0/s1. The first-order chi connectivity index (χ1) is 13.2. The Morgan fingerprint density at radius 2 is 2.07 bits per heavy atom. The molecule has 146 valence electrons. The third-order valence-electron chi connectivity index (χ3n) is 5.37. The summed E-state index contributed by atoms with van der Waals surface area (Å²) in [6, 6.07) is 6.44. The van der Waals surface area contributed by atoms with Crippen molar-refractivity contribution >= 4 is 16.9 Å². The number of halogens is 1. The maximum atomic E-state index is 13.3. The molecule has 2 aliphatic rings. The molecule has 7 heteroatoms. The molecule has 0 aliphatic carbocycles. The number of nitrogens with one attached hydrogen (secondary N) is 2. The van der Waals surface area contributed by atoms with Gasteiger partial charge in [0.2, 0.25) is 0 Å². The van der Waals surface area contributed by atoms with E-state index in [1.807, 2.05) is 11.0 Å². The molecular formula is C20H27FN4O2. The Kier molecular flexibility index (Phi) is 5.59. The number of carbonyl (C=O) groups is 1.